The van der Waals surface area contributed by atoms with Crippen molar-refractivity contribution in [3.63, 3.8) is 0 Å². The summed E-state index contributed by atoms with van der Waals surface area (Å²) in [5.74, 6) is 0.165. The van der Waals surface area contributed by atoms with Crippen molar-refractivity contribution in [2.45, 2.75) is 25.7 Å². The SMILES string of the molecule is COc1ccc(-c2nn(-c3ccccc3)cc2C=C(C#N)C(=O)Nc2sc3c(c2C#N)CCCC3)cc1. The van der Waals surface area contributed by atoms with Crippen LogP contribution in [0.5, 0.6) is 5.75 Å². The van der Waals surface area contributed by atoms with Gasteiger partial charge in [-0.15, -0.1) is 11.3 Å². The molecule has 1 amide bonds. The summed E-state index contributed by atoms with van der Waals surface area (Å²) in [6.07, 6.45) is 7.21. The van der Waals surface area contributed by atoms with Crippen molar-refractivity contribution >= 4 is 28.3 Å². The fourth-order valence-corrected chi connectivity index (χ4v) is 5.66. The van der Waals surface area contributed by atoms with E-state index in [9.17, 15) is 15.3 Å². The molecule has 2 heterocycles. The van der Waals surface area contributed by atoms with Gasteiger partial charge >= 0.3 is 0 Å². The van der Waals surface area contributed by atoms with E-state index in [0.29, 0.717) is 27.6 Å². The highest BCUT2D eigenvalue weighted by Crippen LogP contribution is 2.38. The Kier molecular flexibility index (Phi) is 6.85. The van der Waals surface area contributed by atoms with Gasteiger partial charge in [0.15, 0.2) is 0 Å². The lowest BCUT2D eigenvalue weighted by atomic mass is 9.96. The molecule has 2 aromatic heterocycles. The topological polar surface area (TPSA) is 104 Å². The monoisotopic (exact) mass is 505 g/mol. The van der Waals surface area contributed by atoms with Crippen molar-refractivity contribution in [3.05, 3.63) is 87.9 Å². The fraction of sp³-hybridized carbons (Fsp3) is 0.172. The van der Waals surface area contributed by atoms with E-state index in [0.717, 1.165) is 47.4 Å². The Bertz CT molecular complexity index is 1570. The van der Waals surface area contributed by atoms with Crippen LogP contribution in [0.4, 0.5) is 5.00 Å². The molecule has 5 rings (SSSR count). The fourth-order valence-electron chi connectivity index (χ4n) is 4.43. The zero-order valence-electron chi connectivity index (χ0n) is 20.2. The first-order valence-electron chi connectivity index (χ1n) is 11.9. The molecule has 8 heteroatoms. The summed E-state index contributed by atoms with van der Waals surface area (Å²) in [5.41, 5.74) is 4.38. The van der Waals surface area contributed by atoms with Gasteiger partial charge in [0.1, 0.15) is 28.5 Å². The van der Waals surface area contributed by atoms with Crippen LogP contribution in [-0.2, 0) is 17.6 Å². The lowest BCUT2D eigenvalue weighted by molar-refractivity contribution is -0.112. The number of amides is 1. The molecule has 0 spiro atoms. The number of ether oxygens (including phenoxy) is 1. The van der Waals surface area contributed by atoms with Crippen LogP contribution in [0.15, 0.2) is 66.4 Å². The maximum absolute atomic E-state index is 13.2. The molecule has 1 aliphatic rings. The number of rotatable bonds is 6. The first kappa shape index (κ1) is 24.1. The van der Waals surface area contributed by atoms with Crippen molar-refractivity contribution in [1.29, 1.82) is 10.5 Å². The quantitative estimate of drug-likeness (QED) is 0.259. The molecule has 1 aliphatic carbocycles. The number of fused-ring (bicyclic) bond motifs is 1. The van der Waals surface area contributed by atoms with Gasteiger partial charge in [0.2, 0.25) is 0 Å². The first-order valence-corrected chi connectivity index (χ1v) is 12.7. The maximum Gasteiger partial charge on any atom is 0.266 e. The summed E-state index contributed by atoms with van der Waals surface area (Å²) >= 11 is 1.43. The summed E-state index contributed by atoms with van der Waals surface area (Å²) in [5, 5.41) is 27.7. The molecular weight excluding hydrogens is 482 g/mol. The van der Waals surface area contributed by atoms with Gasteiger partial charge in [0.25, 0.3) is 5.91 Å². The third kappa shape index (κ3) is 4.88. The van der Waals surface area contributed by atoms with Crippen molar-refractivity contribution in [2.75, 3.05) is 12.4 Å². The van der Waals surface area contributed by atoms with Crippen LogP contribution in [0, 0.1) is 22.7 Å². The van der Waals surface area contributed by atoms with Crippen molar-refractivity contribution < 1.29 is 9.53 Å². The average Bonchev–Trinajstić information content (AvgIpc) is 3.53. The van der Waals surface area contributed by atoms with Gasteiger partial charge < -0.3 is 10.1 Å². The van der Waals surface area contributed by atoms with Gasteiger partial charge in [-0.1, -0.05) is 18.2 Å². The number of para-hydroxylation sites is 1. The molecule has 0 aliphatic heterocycles. The molecule has 0 unspecified atom stereocenters. The van der Waals surface area contributed by atoms with Gasteiger partial charge in [-0.05, 0) is 73.7 Å². The van der Waals surface area contributed by atoms with E-state index in [1.54, 1.807) is 24.1 Å². The molecular formula is C29H23N5O2S. The van der Waals surface area contributed by atoms with Gasteiger partial charge in [0.05, 0.1) is 24.1 Å². The van der Waals surface area contributed by atoms with Crippen molar-refractivity contribution in [1.82, 2.24) is 9.78 Å². The lowest BCUT2D eigenvalue weighted by Crippen LogP contribution is -2.13. The molecule has 37 heavy (non-hydrogen) atoms. The lowest BCUT2D eigenvalue weighted by Gasteiger charge is -2.09. The highest BCUT2D eigenvalue weighted by atomic mass is 32.1. The molecule has 0 saturated carbocycles. The number of aryl methyl sites for hydroxylation is 1. The molecule has 7 nitrogen and oxygen atoms in total. The van der Waals surface area contributed by atoms with E-state index < -0.39 is 5.91 Å². The zero-order valence-corrected chi connectivity index (χ0v) is 21.0. The van der Waals surface area contributed by atoms with Crippen LogP contribution in [0.2, 0.25) is 0 Å². The first-order chi connectivity index (χ1) is 18.1. The molecule has 0 bridgehead atoms. The van der Waals surface area contributed by atoms with Crippen molar-refractivity contribution in [3.8, 4) is 34.8 Å². The summed E-state index contributed by atoms with van der Waals surface area (Å²) < 4.78 is 7.00. The Labute approximate surface area is 218 Å². The van der Waals surface area contributed by atoms with Crippen LogP contribution in [0.25, 0.3) is 23.0 Å². The third-order valence-electron chi connectivity index (χ3n) is 6.30. The van der Waals surface area contributed by atoms with Crippen LogP contribution in [-0.4, -0.2) is 22.8 Å². The van der Waals surface area contributed by atoms with Crippen LogP contribution < -0.4 is 10.1 Å². The second kappa shape index (κ2) is 10.5. The normalized spacial score (nSPS) is 12.8. The summed E-state index contributed by atoms with van der Waals surface area (Å²) in [6.45, 7) is 0. The minimum atomic E-state index is -0.550. The smallest absolute Gasteiger partial charge is 0.266 e. The summed E-state index contributed by atoms with van der Waals surface area (Å²) in [4.78, 5) is 14.3. The number of nitrogens with one attached hydrogen (secondary N) is 1. The largest absolute Gasteiger partial charge is 0.497 e. The molecule has 0 radical (unpaired) electrons. The highest BCUT2D eigenvalue weighted by Gasteiger charge is 2.23. The number of methoxy groups -OCH3 is 1. The number of carbonyl (C=O) groups is 1. The van der Waals surface area contributed by atoms with Crippen LogP contribution in [0.3, 0.4) is 0 Å². The number of anilines is 1. The summed E-state index contributed by atoms with van der Waals surface area (Å²) in [7, 11) is 1.60. The number of carbonyl (C=O) groups excluding carboxylic acids is 1. The maximum atomic E-state index is 13.2. The summed E-state index contributed by atoms with van der Waals surface area (Å²) in [6, 6.07) is 21.3. The Morgan fingerprint density at radius 1 is 1.11 bits per heavy atom. The third-order valence-corrected chi connectivity index (χ3v) is 7.51. The number of aromatic nitrogens is 2. The predicted octanol–water partition coefficient (Wildman–Crippen LogP) is 5.91. The average molecular weight is 506 g/mol. The number of nitrogens with zero attached hydrogens (tertiary/aromatic N) is 4. The Morgan fingerprint density at radius 3 is 2.57 bits per heavy atom. The van der Waals surface area contributed by atoms with Crippen molar-refractivity contribution in [2.24, 2.45) is 0 Å². The van der Waals surface area contributed by atoms with E-state index in [-0.39, 0.29) is 5.57 Å². The molecule has 182 valence electrons. The van der Waals surface area contributed by atoms with Gasteiger partial charge in [-0.2, -0.15) is 15.6 Å². The molecule has 2 aromatic carbocycles. The molecule has 0 atom stereocenters. The van der Waals surface area contributed by atoms with E-state index in [2.05, 4.69) is 11.4 Å². The minimum absolute atomic E-state index is 0.0716. The standard InChI is InChI=1S/C29H23N5O2S/c1-36-23-13-11-19(12-14-23)27-21(18-34(33-27)22-7-3-2-4-8-22)15-20(16-30)28(35)32-29-25(17-31)24-9-5-6-10-26(24)37-29/h2-4,7-8,11-15,18H,5-6,9-10H2,1H3,(H,32,35). The minimum Gasteiger partial charge on any atom is -0.497 e. The van der Waals surface area contributed by atoms with E-state index >= 15 is 0 Å². The zero-order chi connectivity index (χ0) is 25.8. The predicted molar refractivity (Wildman–Crippen MR) is 143 cm³/mol. The van der Waals surface area contributed by atoms with E-state index in [1.165, 1.54) is 11.3 Å². The number of thiophene rings is 1. The van der Waals surface area contributed by atoms with Gasteiger partial charge in [0, 0.05) is 22.2 Å². The second-order valence-corrected chi connectivity index (χ2v) is 9.70. The van der Waals surface area contributed by atoms with E-state index in [4.69, 9.17) is 9.84 Å². The Morgan fingerprint density at radius 2 is 1.86 bits per heavy atom. The second-order valence-electron chi connectivity index (χ2n) is 8.59. The van der Waals surface area contributed by atoms with E-state index in [1.807, 2.05) is 60.7 Å². The van der Waals surface area contributed by atoms with Gasteiger partial charge in [-0.3, -0.25) is 4.79 Å². The number of hydrogen-bond donors (Lipinski definition) is 1. The van der Waals surface area contributed by atoms with Gasteiger partial charge in [-0.25, -0.2) is 4.68 Å². The number of hydrogen-bond acceptors (Lipinski definition) is 6. The molecule has 0 saturated heterocycles. The Hall–Kier alpha value is -4.66. The highest BCUT2D eigenvalue weighted by molar-refractivity contribution is 7.16. The van der Waals surface area contributed by atoms with Crippen LogP contribution >= 0.6 is 11.3 Å². The van der Waals surface area contributed by atoms with Crippen LogP contribution in [0.1, 0.15) is 34.4 Å². The molecule has 4 aromatic rings. The number of nitriles is 2. The molecule has 0 fully saturated rings. The molecule has 1 N–H and O–H groups in total. The Balaban J connectivity index is 1.52. The number of benzene rings is 2.